The minimum atomic E-state index is -0.898. The number of carbonyl (C=O) groups excluding carboxylic acids is 2. The molecule has 128 valence electrons. The van der Waals surface area contributed by atoms with Crippen molar-refractivity contribution in [3.8, 4) is 0 Å². The number of furan rings is 1. The number of hydrogen-bond donors (Lipinski definition) is 3. The molecule has 0 aliphatic rings. The monoisotopic (exact) mass is 324 g/mol. The third kappa shape index (κ3) is 6.54. The summed E-state index contributed by atoms with van der Waals surface area (Å²) in [6, 6.07) is 3.03. The second kappa shape index (κ2) is 8.97. The van der Waals surface area contributed by atoms with Crippen LogP contribution in [0.4, 0.5) is 0 Å². The van der Waals surface area contributed by atoms with E-state index in [1.54, 1.807) is 13.0 Å². The molecule has 0 spiro atoms. The highest BCUT2D eigenvalue weighted by Gasteiger charge is 2.26. The summed E-state index contributed by atoms with van der Waals surface area (Å²) in [4.78, 5) is 34.8. The van der Waals surface area contributed by atoms with E-state index in [9.17, 15) is 19.5 Å². The van der Waals surface area contributed by atoms with Gasteiger partial charge in [-0.1, -0.05) is 27.2 Å². The van der Waals surface area contributed by atoms with Crippen LogP contribution >= 0.6 is 0 Å². The van der Waals surface area contributed by atoms with Crippen molar-refractivity contribution in [1.29, 1.82) is 0 Å². The molecule has 0 radical (unpaired) electrons. The lowest BCUT2D eigenvalue weighted by Gasteiger charge is -2.20. The maximum atomic E-state index is 11.8. The minimum Gasteiger partial charge on any atom is -0.481 e. The van der Waals surface area contributed by atoms with Crippen molar-refractivity contribution in [2.45, 2.75) is 40.0 Å². The lowest BCUT2D eigenvalue weighted by atomic mass is 9.85. The standard InChI is InChI=1S/C16H24N2O5/c1-10(2)6-7-12(16(21)22)11(3)9-14(19)17-18-15(20)13-5-4-8-23-13/h4-5,8,10-12H,6-7,9H2,1-3H3,(H,17,19)(H,18,20)(H,21,22)/t11-,12+/m0/s1. The van der Waals surface area contributed by atoms with Gasteiger partial charge in [-0.3, -0.25) is 25.2 Å². The molecule has 0 bridgehead atoms. The summed E-state index contributed by atoms with van der Waals surface area (Å²) in [6.07, 6.45) is 2.69. The molecule has 23 heavy (non-hydrogen) atoms. The van der Waals surface area contributed by atoms with E-state index in [0.29, 0.717) is 12.3 Å². The fourth-order valence-electron chi connectivity index (χ4n) is 2.25. The first-order valence-electron chi connectivity index (χ1n) is 7.66. The van der Waals surface area contributed by atoms with Crippen molar-refractivity contribution < 1.29 is 23.9 Å². The largest absolute Gasteiger partial charge is 0.481 e. The molecule has 0 saturated heterocycles. The average Bonchev–Trinajstić information content (AvgIpc) is 2.98. The molecule has 7 heteroatoms. The van der Waals surface area contributed by atoms with Gasteiger partial charge in [0.15, 0.2) is 5.76 Å². The number of rotatable bonds is 8. The number of aliphatic carboxylic acids is 1. The molecular weight excluding hydrogens is 300 g/mol. The highest BCUT2D eigenvalue weighted by atomic mass is 16.4. The van der Waals surface area contributed by atoms with Crippen LogP contribution < -0.4 is 10.9 Å². The van der Waals surface area contributed by atoms with Crippen LogP contribution in [0.1, 0.15) is 50.6 Å². The van der Waals surface area contributed by atoms with Gasteiger partial charge in [-0.25, -0.2) is 0 Å². The molecule has 0 saturated carbocycles. The fraction of sp³-hybridized carbons (Fsp3) is 0.562. The van der Waals surface area contributed by atoms with E-state index in [2.05, 4.69) is 10.9 Å². The number of carbonyl (C=O) groups is 3. The zero-order valence-electron chi connectivity index (χ0n) is 13.7. The van der Waals surface area contributed by atoms with Gasteiger partial charge >= 0.3 is 11.9 Å². The van der Waals surface area contributed by atoms with E-state index in [0.717, 1.165) is 6.42 Å². The van der Waals surface area contributed by atoms with Gasteiger partial charge in [0.1, 0.15) is 0 Å². The predicted octanol–water partition coefficient (Wildman–Crippen LogP) is 2.20. The highest BCUT2D eigenvalue weighted by molar-refractivity contribution is 5.92. The summed E-state index contributed by atoms with van der Waals surface area (Å²) >= 11 is 0. The SMILES string of the molecule is CC(C)CC[C@@H](C(=O)O)[C@@H](C)CC(=O)NNC(=O)c1ccco1. The van der Waals surface area contributed by atoms with E-state index >= 15 is 0 Å². The third-order valence-electron chi connectivity index (χ3n) is 3.63. The van der Waals surface area contributed by atoms with Crippen molar-refractivity contribution in [1.82, 2.24) is 10.9 Å². The molecule has 1 aromatic heterocycles. The summed E-state index contributed by atoms with van der Waals surface area (Å²) in [5.41, 5.74) is 4.50. The molecule has 1 rings (SSSR count). The molecule has 0 aliphatic carbocycles. The molecule has 2 amide bonds. The number of amides is 2. The Bertz CT molecular complexity index is 525. The first kappa shape index (κ1) is 18.7. The van der Waals surface area contributed by atoms with Gasteiger partial charge in [0.05, 0.1) is 12.2 Å². The third-order valence-corrected chi connectivity index (χ3v) is 3.63. The van der Waals surface area contributed by atoms with E-state index < -0.39 is 23.7 Å². The zero-order chi connectivity index (χ0) is 17.4. The van der Waals surface area contributed by atoms with Gasteiger partial charge in [-0.2, -0.15) is 0 Å². The quantitative estimate of drug-likeness (QED) is 0.635. The van der Waals surface area contributed by atoms with Crippen molar-refractivity contribution in [2.75, 3.05) is 0 Å². The smallest absolute Gasteiger partial charge is 0.306 e. The summed E-state index contributed by atoms with van der Waals surface area (Å²) in [7, 11) is 0. The number of hydrazine groups is 1. The average molecular weight is 324 g/mol. The summed E-state index contributed by atoms with van der Waals surface area (Å²) in [5.74, 6) is -2.32. The first-order chi connectivity index (χ1) is 10.8. The van der Waals surface area contributed by atoms with Crippen molar-refractivity contribution in [3.05, 3.63) is 24.2 Å². The first-order valence-corrected chi connectivity index (χ1v) is 7.66. The van der Waals surface area contributed by atoms with Gasteiger partial charge < -0.3 is 9.52 Å². The van der Waals surface area contributed by atoms with Crippen LogP contribution in [0.2, 0.25) is 0 Å². The van der Waals surface area contributed by atoms with E-state index in [1.807, 2.05) is 13.8 Å². The number of carboxylic acids is 1. The number of nitrogens with one attached hydrogen (secondary N) is 2. The minimum absolute atomic E-state index is 0.0213. The maximum Gasteiger partial charge on any atom is 0.306 e. The Morgan fingerprint density at radius 2 is 1.87 bits per heavy atom. The Balaban J connectivity index is 2.44. The Morgan fingerprint density at radius 3 is 2.39 bits per heavy atom. The van der Waals surface area contributed by atoms with Crippen LogP contribution in [0.5, 0.6) is 0 Å². The normalized spacial score (nSPS) is 13.4. The highest BCUT2D eigenvalue weighted by Crippen LogP contribution is 2.23. The van der Waals surface area contributed by atoms with Crippen LogP contribution in [0.3, 0.4) is 0 Å². The molecule has 0 unspecified atom stereocenters. The molecule has 0 aromatic carbocycles. The molecule has 1 aromatic rings. The predicted molar refractivity (Wildman–Crippen MR) is 83.3 cm³/mol. The summed E-state index contributed by atoms with van der Waals surface area (Å²) in [6.45, 7) is 5.79. The van der Waals surface area contributed by atoms with Crippen LogP contribution in [-0.2, 0) is 9.59 Å². The molecule has 2 atom stereocenters. The molecule has 7 nitrogen and oxygen atoms in total. The fourth-order valence-corrected chi connectivity index (χ4v) is 2.25. The Hall–Kier alpha value is -2.31. The van der Waals surface area contributed by atoms with Crippen molar-refractivity contribution in [2.24, 2.45) is 17.8 Å². The van der Waals surface area contributed by atoms with Crippen LogP contribution in [0.15, 0.2) is 22.8 Å². The molecule has 0 aliphatic heterocycles. The van der Waals surface area contributed by atoms with Crippen molar-refractivity contribution >= 4 is 17.8 Å². The molecule has 3 N–H and O–H groups in total. The molecular formula is C16H24N2O5. The number of hydrogen-bond acceptors (Lipinski definition) is 4. The topological polar surface area (TPSA) is 109 Å². The lowest BCUT2D eigenvalue weighted by molar-refractivity contribution is -0.144. The second-order valence-electron chi connectivity index (χ2n) is 6.08. The number of carboxylic acid groups (broad SMARTS) is 1. The van der Waals surface area contributed by atoms with Crippen LogP contribution in [0.25, 0.3) is 0 Å². The van der Waals surface area contributed by atoms with Gasteiger partial charge in [0.25, 0.3) is 0 Å². The Labute approximate surface area is 135 Å². The lowest BCUT2D eigenvalue weighted by Crippen LogP contribution is -2.42. The van der Waals surface area contributed by atoms with E-state index in [-0.39, 0.29) is 18.1 Å². The van der Waals surface area contributed by atoms with Crippen molar-refractivity contribution in [3.63, 3.8) is 0 Å². The molecule has 0 fully saturated rings. The zero-order valence-corrected chi connectivity index (χ0v) is 13.7. The Kier molecular flexibility index (Phi) is 7.31. The Morgan fingerprint density at radius 1 is 1.17 bits per heavy atom. The maximum absolute atomic E-state index is 11.8. The van der Waals surface area contributed by atoms with Gasteiger partial charge in [-0.15, -0.1) is 0 Å². The summed E-state index contributed by atoms with van der Waals surface area (Å²) < 4.78 is 4.89. The van der Waals surface area contributed by atoms with Crippen LogP contribution in [0, 0.1) is 17.8 Å². The second-order valence-corrected chi connectivity index (χ2v) is 6.08. The van der Waals surface area contributed by atoms with Gasteiger partial charge in [0, 0.05) is 6.42 Å². The van der Waals surface area contributed by atoms with Crippen LogP contribution in [-0.4, -0.2) is 22.9 Å². The molecule has 1 heterocycles. The van der Waals surface area contributed by atoms with E-state index in [1.165, 1.54) is 12.3 Å². The summed E-state index contributed by atoms with van der Waals surface area (Å²) in [5, 5.41) is 9.30. The van der Waals surface area contributed by atoms with Gasteiger partial charge in [-0.05, 0) is 30.4 Å². The van der Waals surface area contributed by atoms with E-state index in [4.69, 9.17) is 4.42 Å². The van der Waals surface area contributed by atoms with Gasteiger partial charge in [0.2, 0.25) is 5.91 Å².